The number of benzene rings is 3. The van der Waals surface area contributed by atoms with Gasteiger partial charge in [-0.05, 0) is 24.3 Å². The van der Waals surface area contributed by atoms with Crippen LogP contribution in [-0.2, 0) is 6.54 Å². The van der Waals surface area contributed by atoms with E-state index in [0.29, 0.717) is 5.56 Å². The fraction of sp³-hybridized carbons (Fsp3) is 0.0476. The van der Waals surface area contributed by atoms with Crippen LogP contribution in [0, 0.1) is 10.1 Å². The highest BCUT2D eigenvalue weighted by Gasteiger charge is 2.25. The number of nitrogens with one attached hydrogen (secondary N) is 1. The Bertz CT molecular complexity index is 1170. The van der Waals surface area contributed by atoms with Gasteiger partial charge in [-0.15, -0.1) is 0 Å². The maximum Gasteiger partial charge on any atom is 0.350 e. The van der Waals surface area contributed by atoms with Crippen molar-refractivity contribution in [1.82, 2.24) is 5.32 Å². The number of nitro groups is 1. The molecule has 1 amide bonds. The average Bonchev–Trinajstić information content (AvgIpc) is 2.77. The third-order valence-electron chi connectivity index (χ3n) is 4.20. The van der Waals surface area contributed by atoms with E-state index in [1.165, 1.54) is 30.3 Å². The van der Waals surface area contributed by atoms with Gasteiger partial charge in [-0.3, -0.25) is 14.9 Å². The van der Waals surface area contributed by atoms with Gasteiger partial charge in [0.15, 0.2) is 5.75 Å². The first kappa shape index (κ1) is 22.6. The van der Waals surface area contributed by atoms with E-state index < -0.39 is 22.5 Å². The summed E-state index contributed by atoms with van der Waals surface area (Å²) in [7, 11) is 0. The molecule has 31 heavy (non-hydrogen) atoms. The van der Waals surface area contributed by atoms with Crippen molar-refractivity contribution in [2.45, 2.75) is 6.54 Å². The number of carbonyl (C=O) groups excluding carboxylic acids is 2. The minimum Gasteiger partial charge on any atom is -0.421 e. The molecule has 0 aliphatic rings. The number of hydrogen-bond acceptors (Lipinski definition) is 5. The Labute approximate surface area is 191 Å². The minimum atomic E-state index is -1.01. The number of esters is 1. The molecule has 0 fully saturated rings. The van der Waals surface area contributed by atoms with Gasteiger partial charge in [-0.2, -0.15) is 0 Å². The monoisotopic (exact) mass is 478 g/mol. The SMILES string of the molecule is O=C(NCc1c(Cl)c(Cl)cc(Cl)c1OC(=O)c1ccccc1[N+](=O)[O-])c1ccccc1. The van der Waals surface area contributed by atoms with Gasteiger partial charge >= 0.3 is 5.97 Å². The maximum absolute atomic E-state index is 12.7. The fourth-order valence-corrected chi connectivity index (χ4v) is 3.46. The van der Waals surface area contributed by atoms with Crippen molar-refractivity contribution in [3.8, 4) is 5.75 Å². The first-order valence-electron chi connectivity index (χ1n) is 8.74. The molecule has 0 aromatic heterocycles. The average molecular weight is 480 g/mol. The number of para-hydroxylation sites is 1. The molecule has 0 radical (unpaired) electrons. The second kappa shape index (κ2) is 9.78. The van der Waals surface area contributed by atoms with Crippen LogP contribution >= 0.6 is 34.8 Å². The highest BCUT2D eigenvalue weighted by atomic mass is 35.5. The van der Waals surface area contributed by atoms with Crippen LogP contribution in [-0.4, -0.2) is 16.8 Å². The van der Waals surface area contributed by atoms with Crippen molar-refractivity contribution in [2.75, 3.05) is 0 Å². The van der Waals surface area contributed by atoms with Crippen molar-refractivity contribution in [3.63, 3.8) is 0 Å². The van der Waals surface area contributed by atoms with Gasteiger partial charge in [0.2, 0.25) is 0 Å². The van der Waals surface area contributed by atoms with Crippen LogP contribution in [0.1, 0.15) is 26.3 Å². The highest BCUT2D eigenvalue weighted by Crippen LogP contribution is 2.40. The molecule has 0 bridgehead atoms. The summed E-state index contributed by atoms with van der Waals surface area (Å²) in [5, 5.41) is 13.9. The molecule has 0 saturated carbocycles. The summed E-state index contributed by atoms with van der Waals surface area (Å²) < 4.78 is 5.36. The van der Waals surface area contributed by atoms with Crippen LogP contribution in [0.15, 0.2) is 60.7 Å². The Hall–Kier alpha value is -3.13. The number of halogens is 3. The van der Waals surface area contributed by atoms with Crippen LogP contribution in [0.2, 0.25) is 15.1 Å². The Morgan fingerprint density at radius 3 is 2.29 bits per heavy atom. The Kier molecular flexibility index (Phi) is 7.12. The first-order chi connectivity index (χ1) is 14.8. The van der Waals surface area contributed by atoms with Crippen LogP contribution in [0.25, 0.3) is 0 Å². The highest BCUT2D eigenvalue weighted by molar-refractivity contribution is 6.44. The molecule has 0 heterocycles. The zero-order valence-corrected chi connectivity index (χ0v) is 17.9. The molecule has 0 aliphatic carbocycles. The lowest BCUT2D eigenvalue weighted by Gasteiger charge is -2.15. The van der Waals surface area contributed by atoms with Crippen molar-refractivity contribution in [1.29, 1.82) is 0 Å². The van der Waals surface area contributed by atoms with Crippen molar-refractivity contribution in [3.05, 3.63) is 103 Å². The molecule has 10 heteroatoms. The van der Waals surface area contributed by atoms with Crippen molar-refractivity contribution >= 4 is 52.4 Å². The Morgan fingerprint density at radius 2 is 1.61 bits per heavy atom. The van der Waals surface area contributed by atoms with Crippen LogP contribution in [0.5, 0.6) is 5.75 Å². The molecule has 3 aromatic rings. The van der Waals surface area contributed by atoms with Gasteiger partial charge < -0.3 is 10.1 Å². The van der Waals surface area contributed by atoms with Gasteiger partial charge in [0.05, 0.1) is 20.0 Å². The number of hydrogen-bond donors (Lipinski definition) is 1. The largest absolute Gasteiger partial charge is 0.421 e. The zero-order valence-electron chi connectivity index (χ0n) is 15.6. The number of ether oxygens (including phenoxy) is 1. The summed E-state index contributed by atoms with van der Waals surface area (Å²) in [5.41, 5.74) is -0.142. The lowest BCUT2D eigenvalue weighted by molar-refractivity contribution is -0.385. The predicted molar refractivity (Wildman–Crippen MR) is 117 cm³/mol. The Morgan fingerprint density at radius 1 is 0.968 bits per heavy atom. The molecule has 3 rings (SSSR count). The maximum atomic E-state index is 12.7. The first-order valence-corrected chi connectivity index (χ1v) is 9.88. The lowest BCUT2D eigenvalue weighted by Crippen LogP contribution is -2.23. The summed E-state index contributed by atoms with van der Waals surface area (Å²) in [6, 6.07) is 15.0. The minimum absolute atomic E-state index is 0.0183. The molecule has 7 nitrogen and oxygen atoms in total. The molecule has 0 aliphatic heterocycles. The number of nitro benzene ring substituents is 1. The summed E-state index contributed by atoms with van der Waals surface area (Å²) in [5.74, 6) is -1.57. The van der Waals surface area contributed by atoms with Crippen LogP contribution in [0.4, 0.5) is 5.69 Å². The second-order valence-corrected chi connectivity index (χ2v) is 7.37. The zero-order chi connectivity index (χ0) is 22.5. The molecule has 0 saturated heterocycles. The van der Waals surface area contributed by atoms with Crippen LogP contribution in [0.3, 0.4) is 0 Å². The summed E-state index contributed by atoms with van der Waals surface area (Å²) >= 11 is 18.6. The quantitative estimate of drug-likeness (QED) is 0.161. The summed E-state index contributed by atoms with van der Waals surface area (Å²) in [6.45, 7) is -0.160. The fourth-order valence-electron chi connectivity index (χ4n) is 2.71. The summed E-state index contributed by atoms with van der Waals surface area (Å²) in [4.78, 5) is 35.5. The Balaban J connectivity index is 1.92. The van der Waals surface area contributed by atoms with Crippen molar-refractivity contribution in [2.24, 2.45) is 0 Å². The van der Waals surface area contributed by atoms with E-state index >= 15 is 0 Å². The molecular formula is C21H13Cl3N2O5. The normalized spacial score (nSPS) is 10.4. The van der Waals surface area contributed by atoms with E-state index in [2.05, 4.69) is 5.32 Å². The smallest absolute Gasteiger partial charge is 0.350 e. The van der Waals surface area contributed by atoms with E-state index in [1.54, 1.807) is 30.3 Å². The number of carbonyl (C=O) groups is 2. The van der Waals surface area contributed by atoms with Gasteiger partial charge in [-0.1, -0.05) is 65.1 Å². The van der Waals surface area contributed by atoms with Gasteiger partial charge in [-0.25, -0.2) is 4.79 Å². The second-order valence-electron chi connectivity index (χ2n) is 6.17. The topological polar surface area (TPSA) is 98.5 Å². The standard InChI is InChI=1S/C21H13Cl3N2O5/c22-15-10-16(23)19(31-21(28)13-8-4-5-9-17(13)26(29)30)14(18(15)24)11-25-20(27)12-6-2-1-3-7-12/h1-10H,11H2,(H,25,27). The molecule has 1 N–H and O–H groups in total. The third-order valence-corrected chi connectivity index (χ3v) is 5.30. The van der Waals surface area contributed by atoms with E-state index in [-0.39, 0.29) is 38.5 Å². The van der Waals surface area contributed by atoms with E-state index in [1.807, 2.05) is 0 Å². The van der Waals surface area contributed by atoms with Crippen molar-refractivity contribution < 1.29 is 19.2 Å². The summed E-state index contributed by atoms with van der Waals surface area (Å²) in [6.07, 6.45) is 0. The molecular weight excluding hydrogens is 467 g/mol. The molecule has 158 valence electrons. The lowest BCUT2D eigenvalue weighted by atomic mass is 10.1. The van der Waals surface area contributed by atoms with Crippen LogP contribution < -0.4 is 10.1 Å². The van der Waals surface area contributed by atoms with E-state index in [0.717, 1.165) is 0 Å². The number of amides is 1. The predicted octanol–water partition coefficient (Wildman–Crippen LogP) is 5.70. The van der Waals surface area contributed by atoms with Gasteiger partial charge in [0, 0.05) is 23.7 Å². The third kappa shape index (κ3) is 5.14. The number of rotatable bonds is 6. The van der Waals surface area contributed by atoms with Gasteiger partial charge in [0.1, 0.15) is 5.56 Å². The van der Waals surface area contributed by atoms with E-state index in [9.17, 15) is 19.7 Å². The molecule has 0 unspecified atom stereocenters. The molecule has 3 aromatic carbocycles. The number of nitrogens with zero attached hydrogens (tertiary/aromatic N) is 1. The molecule has 0 atom stereocenters. The molecule has 0 spiro atoms. The van der Waals surface area contributed by atoms with Gasteiger partial charge in [0.25, 0.3) is 11.6 Å². The van der Waals surface area contributed by atoms with E-state index in [4.69, 9.17) is 39.5 Å².